The lowest BCUT2D eigenvalue weighted by Gasteiger charge is -2.21. The number of rotatable bonds is 3. The van der Waals surface area contributed by atoms with Crippen molar-refractivity contribution in [3.05, 3.63) is 0 Å². The summed E-state index contributed by atoms with van der Waals surface area (Å²) in [5.41, 5.74) is -0.118. The van der Waals surface area contributed by atoms with Gasteiger partial charge in [-0.1, -0.05) is 26.1 Å². The van der Waals surface area contributed by atoms with Crippen molar-refractivity contribution in [2.24, 2.45) is 5.41 Å². The Bertz CT molecular complexity index is 125. The molecule has 0 atom stereocenters. The molecule has 0 bridgehead atoms. The van der Waals surface area contributed by atoms with Crippen molar-refractivity contribution in [1.29, 1.82) is 0 Å². The van der Waals surface area contributed by atoms with Gasteiger partial charge in [-0.05, 0) is 0 Å². The maximum absolute atomic E-state index is 8.80. The third-order valence-electron chi connectivity index (χ3n) is 1.15. The fraction of sp³-hybridized carbons (Fsp3) is 0.833. The Morgan fingerprint density at radius 3 is 2.50 bits per heavy atom. The van der Waals surface area contributed by atoms with Gasteiger partial charge in [-0.3, -0.25) is 0 Å². The molecule has 0 saturated heterocycles. The SMILES string of the molecule is CC(C)(CO)CNC(=S)S. The van der Waals surface area contributed by atoms with Gasteiger partial charge in [0.05, 0.1) is 0 Å². The third kappa shape index (κ3) is 5.02. The molecule has 0 fully saturated rings. The topological polar surface area (TPSA) is 32.3 Å². The Kier molecular flexibility index (Phi) is 4.24. The second-order valence-corrected chi connectivity index (χ2v) is 4.14. The standard InChI is InChI=1S/C6H13NOS2/c1-6(2,4-8)3-7-5(9)10/h8H,3-4H2,1-2H3,(H2,7,9,10). The quantitative estimate of drug-likeness (QED) is 0.443. The maximum Gasteiger partial charge on any atom is 0.130 e. The second-order valence-electron chi connectivity index (χ2n) is 2.98. The van der Waals surface area contributed by atoms with Gasteiger partial charge in [-0.2, -0.15) is 0 Å². The highest BCUT2D eigenvalue weighted by Crippen LogP contribution is 2.11. The predicted octanol–water partition coefficient (Wildman–Crippen LogP) is 0.809. The molecule has 0 unspecified atom stereocenters. The maximum atomic E-state index is 8.80. The van der Waals surface area contributed by atoms with Crippen molar-refractivity contribution in [3.63, 3.8) is 0 Å². The minimum absolute atomic E-state index is 0.118. The van der Waals surface area contributed by atoms with Crippen LogP contribution in [0.5, 0.6) is 0 Å². The molecule has 0 radical (unpaired) electrons. The fourth-order valence-corrected chi connectivity index (χ4v) is 0.522. The average molecular weight is 179 g/mol. The molecule has 0 aliphatic rings. The first kappa shape index (κ1) is 10.2. The van der Waals surface area contributed by atoms with E-state index in [0.29, 0.717) is 10.9 Å². The lowest BCUT2D eigenvalue weighted by Crippen LogP contribution is -2.33. The first-order valence-electron chi connectivity index (χ1n) is 3.05. The van der Waals surface area contributed by atoms with Crippen LogP contribution in [0.3, 0.4) is 0 Å². The van der Waals surface area contributed by atoms with E-state index < -0.39 is 0 Å². The van der Waals surface area contributed by atoms with Gasteiger partial charge in [0.2, 0.25) is 0 Å². The second kappa shape index (κ2) is 4.16. The molecule has 10 heavy (non-hydrogen) atoms. The third-order valence-corrected chi connectivity index (χ3v) is 1.45. The van der Waals surface area contributed by atoms with Crippen molar-refractivity contribution < 1.29 is 5.11 Å². The minimum Gasteiger partial charge on any atom is -0.396 e. The van der Waals surface area contributed by atoms with E-state index in [4.69, 9.17) is 5.11 Å². The largest absolute Gasteiger partial charge is 0.396 e. The number of aliphatic hydroxyl groups excluding tert-OH is 1. The summed E-state index contributed by atoms with van der Waals surface area (Å²) in [5, 5.41) is 11.7. The number of hydrogen-bond acceptors (Lipinski definition) is 2. The molecule has 0 aliphatic carbocycles. The monoisotopic (exact) mass is 179 g/mol. The van der Waals surface area contributed by atoms with Crippen molar-refractivity contribution in [2.75, 3.05) is 13.2 Å². The van der Waals surface area contributed by atoms with E-state index in [9.17, 15) is 0 Å². The predicted molar refractivity (Wildman–Crippen MR) is 50.5 cm³/mol. The summed E-state index contributed by atoms with van der Waals surface area (Å²) in [6.07, 6.45) is 0. The molecule has 0 aliphatic heterocycles. The van der Waals surface area contributed by atoms with Crippen molar-refractivity contribution >= 4 is 29.2 Å². The fourth-order valence-electron chi connectivity index (χ4n) is 0.371. The van der Waals surface area contributed by atoms with Crippen LogP contribution < -0.4 is 5.32 Å². The Labute approximate surface area is 72.4 Å². The van der Waals surface area contributed by atoms with E-state index in [1.165, 1.54) is 0 Å². The Morgan fingerprint density at radius 2 is 2.20 bits per heavy atom. The van der Waals surface area contributed by atoms with Crippen LogP contribution in [-0.4, -0.2) is 22.6 Å². The molecule has 0 rings (SSSR count). The van der Waals surface area contributed by atoms with Crippen LogP contribution >= 0.6 is 24.8 Å². The van der Waals surface area contributed by atoms with Crippen LogP contribution in [0, 0.1) is 5.41 Å². The lowest BCUT2D eigenvalue weighted by atomic mass is 9.95. The van der Waals surface area contributed by atoms with Crippen LogP contribution in [0.4, 0.5) is 0 Å². The highest BCUT2D eigenvalue weighted by molar-refractivity contribution is 8.11. The number of aliphatic hydroxyl groups is 1. The average Bonchev–Trinajstić information content (AvgIpc) is 1.85. The van der Waals surface area contributed by atoms with Gasteiger partial charge in [0.15, 0.2) is 0 Å². The van der Waals surface area contributed by atoms with Gasteiger partial charge in [0.25, 0.3) is 0 Å². The van der Waals surface area contributed by atoms with Crippen LogP contribution in [-0.2, 0) is 0 Å². The summed E-state index contributed by atoms with van der Waals surface area (Å²) >= 11 is 8.57. The zero-order valence-electron chi connectivity index (χ0n) is 6.22. The van der Waals surface area contributed by atoms with E-state index >= 15 is 0 Å². The zero-order chi connectivity index (χ0) is 8.20. The Hall–Kier alpha value is 0.200. The normalized spacial score (nSPS) is 11.2. The Balaban J connectivity index is 3.56. The smallest absolute Gasteiger partial charge is 0.130 e. The van der Waals surface area contributed by atoms with Crippen molar-refractivity contribution in [1.82, 2.24) is 5.32 Å². The molecule has 0 aromatic carbocycles. The van der Waals surface area contributed by atoms with Crippen LogP contribution in [0.2, 0.25) is 0 Å². The number of thiol groups is 1. The number of thiocarbonyl (C=S) groups is 1. The van der Waals surface area contributed by atoms with E-state index in [1.54, 1.807) is 0 Å². The van der Waals surface area contributed by atoms with Crippen molar-refractivity contribution in [2.45, 2.75) is 13.8 Å². The van der Waals surface area contributed by atoms with Crippen LogP contribution in [0.1, 0.15) is 13.8 Å². The highest BCUT2D eigenvalue weighted by atomic mass is 32.1. The molecule has 0 spiro atoms. The van der Waals surface area contributed by atoms with Crippen LogP contribution in [0.15, 0.2) is 0 Å². The van der Waals surface area contributed by atoms with E-state index in [0.717, 1.165) is 0 Å². The molecule has 4 heteroatoms. The van der Waals surface area contributed by atoms with Gasteiger partial charge < -0.3 is 10.4 Å². The zero-order valence-corrected chi connectivity index (χ0v) is 7.93. The highest BCUT2D eigenvalue weighted by Gasteiger charge is 2.15. The van der Waals surface area contributed by atoms with Gasteiger partial charge in [0.1, 0.15) is 4.32 Å². The first-order chi connectivity index (χ1) is 4.48. The lowest BCUT2D eigenvalue weighted by molar-refractivity contribution is 0.162. The number of hydrogen-bond donors (Lipinski definition) is 3. The molecule has 0 saturated carbocycles. The summed E-state index contributed by atoms with van der Waals surface area (Å²) < 4.78 is 0.474. The summed E-state index contributed by atoms with van der Waals surface area (Å²) in [6.45, 7) is 4.71. The first-order valence-corrected chi connectivity index (χ1v) is 3.91. The molecule has 0 aromatic heterocycles. The molecule has 60 valence electrons. The summed E-state index contributed by atoms with van der Waals surface area (Å²) in [7, 11) is 0. The summed E-state index contributed by atoms with van der Waals surface area (Å²) in [6, 6.07) is 0. The van der Waals surface area contributed by atoms with Crippen molar-refractivity contribution in [3.8, 4) is 0 Å². The van der Waals surface area contributed by atoms with Crippen LogP contribution in [0.25, 0.3) is 0 Å². The molecular weight excluding hydrogens is 166 g/mol. The van der Waals surface area contributed by atoms with Gasteiger partial charge in [0, 0.05) is 18.6 Å². The van der Waals surface area contributed by atoms with Gasteiger partial charge in [-0.15, -0.1) is 12.6 Å². The molecular formula is C6H13NOS2. The number of nitrogens with one attached hydrogen (secondary N) is 1. The summed E-state index contributed by atoms with van der Waals surface area (Å²) in [5.74, 6) is 0. The Morgan fingerprint density at radius 1 is 1.70 bits per heavy atom. The molecule has 2 N–H and O–H groups in total. The molecule has 0 amide bonds. The van der Waals surface area contributed by atoms with E-state index in [2.05, 4.69) is 30.2 Å². The van der Waals surface area contributed by atoms with E-state index in [1.807, 2.05) is 13.8 Å². The molecule has 2 nitrogen and oxygen atoms in total. The van der Waals surface area contributed by atoms with Gasteiger partial charge in [-0.25, -0.2) is 0 Å². The molecule has 0 heterocycles. The molecule has 0 aromatic rings. The minimum atomic E-state index is -0.118. The summed E-state index contributed by atoms with van der Waals surface area (Å²) in [4.78, 5) is 0. The van der Waals surface area contributed by atoms with Gasteiger partial charge >= 0.3 is 0 Å². The van der Waals surface area contributed by atoms with E-state index in [-0.39, 0.29) is 12.0 Å².